The second-order valence-corrected chi connectivity index (χ2v) is 6.21. The molecule has 0 spiro atoms. The maximum atomic E-state index is 12.2. The average Bonchev–Trinajstić information content (AvgIpc) is 3.05. The number of pyridine rings is 1. The fourth-order valence-corrected chi connectivity index (χ4v) is 2.88. The maximum absolute atomic E-state index is 12.2. The van der Waals surface area contributed by atoms with E-state index in [-0.39, 0.29) is 11.5 Å². The molecular formula is C15H16N6O3. The van der Waals surface area contributed by atoms with E-state index in [2.05, 4.69) is 15.1 Å². The van der Waals surface area contributed by atoms with Crippen LogP contribution in [0.5, 0.6) is 0 Å². The molecule has 2 N–H and O–H groups in total. The second-order valence-electron chi connectivity index (χ2n) is 6.21. The van der Waals surface area contributed by atoms with Gasteiger partial charge in [-0.3, -0.25) is 13.9 Å². The van der Waals surface area contributed by atoms with Crippen LogP contribution in [0, 0.1) is 0 Å². The molecule has 3 heterocycles. The molecule has 9 heteroatoms. The summed E-state index contributed by atoms with van der Waals surface area (Å²) >= 11 is 0. The molecule has 0 radical (unpaired) electrons. The van der Waals surface area contributed by atoms with Gasteiger partial charge in [0.2, 0.25) is 0 Å². The molecule has 124 valence electrons. The zero-order valence-electron chi connectivity index (χ0n) is 13.3. The largest absolute Gasteiger partial charge is 0.332 e. The van der Waals surface area contributed by atoms with Gasteiger partial charge in [0, 0.05) is 14.1 Å². The summed E-state index contributed by atoms with van der Waals surface area (Å²) in [4.78, 5) is 32.9. The number of fused-ring (bicyclic) bond motifs is 1. The van der Waals surface area contributed by atoms with Gasteiger partial charge in [-0.1, -0.05) is 5.16 Å². The first-order valence-corrected chi connectivity index (χ1v) is 7.61. The molecule has 3 aromatic rings. The van der Waals surface area contributed by atoms with Gasteiger partial charge in [-0.05, 0) is 31.4 Å². The van der Waals surface area contributed by atoms with Crippen molar-refractivity contribution in [1.82, 2.24) is 24.3 Å². The summed E-state index contributed by atoms with van der Waals surface area (Å²) in [6.45, 7) is 0. The highest BCUT2D eigenvalue weighted by atomic mass is 16.5. The monoisotopic (exact) mass is 328 g/mol. The van der Waals surface area contributed by atoms with Crippen molar-refractivity contribution in [2.24, 2.45) is 19.8 Å². The molecule has 3 aromatic heterocycles. The lowest BCUT2D eigenvalue weighted by molar-refractivity contribution is 0.229. The first-order chi connectivity index (χ1) is 11.4. The van der Waals surface area contributed by atoms with Crippen LogP contribution in [-0.2, 0) is 19.6 Å². The Kier molecular flexibility index (Phi) is 2.98. The first-order valence-electron chi connectivity index (χ1n) is 7.61. The summed E-state index contributed by atoms with van der Waals surface area (Å²) in [5, 5.41) is 4.30. The molecule has 1 aliphatic rings. The Hall–Kier alpha value is -2.81. The van der Waals surface area contributed by atoms with Crippen molar-refractivity contribution in [3.63, 3.8) is 0 Å². The number of aromatic nitrogens is 5. The predicted molar refractivity (Wildman–Crippen MR) is 85.2 cm³/mol. The zero-order chi connectivity index (χ0) is 17.1. The summed E-state index contributed by atoms with van der Waals surface area (Å²) < 4.78 is 7.63. The van der Waals surface area contributed by atoms with Crippen molar-refractivity contribution in [2.45, 2.75) is 24.8 Å². The minimum Gasteiger partial charge on any atom is -0.332 e. The molecule has 0 amide bonds. The molecule has 24 heavy (non-hydrogen) atoms. The van der Waals surface area contributed by atoms with Crippen LogP contribution in [0.1, 0.15) is 25.1 Å². The van der Waals surface area contributed by atoms with E-state index < -0.39 is 16.8 Å². The number of rotatable bonds is 2. The van der Waals surface area contributed by atoms with E-state index in [9.17, 15) is 9.59 Å². The summed E-state index contributed by atoms with van der Waals surface area (Å²) in [7, 11) is 2.99. The lowest BCUT2D eigenvalue weighted by atomic mass is 9.77. The van der Waals surface area contributed by atoms with Gasteiger partial charge in [-0.2, -0.15) is 4.98 Å². The number of aryl methyl sites for hydroxylation is 1. The number of hydrogen-bond acceptors (Lipinski definition) is 7. The fraction of sp³-hybridized carbons (Fsp3) is 0.400. The predicted octanol–water partition coefficient (Wildman–Crippen LogP) is 0.0201. The van der Waals surface area contributed by atoms with Crippen molar-refractivity contribution < 1.29 is 4.52 Å². The molecule has 9 nitrogen and oxygen atoms in total. The second kappa shape index (κ2) is 4.84. The Labute approximate surface area is 135 Å². The molecule has 0 bridgehead atoms. The Bertz CT molecular complexity index is 1070. The topological polar surface area (TPSA) is 122 Å². The zero-order valence-corrected chi connectivity index (χ0v) is 13.3. The lowest BCUT2D eigenvalue weighted by Crippen LogP contribution is -2.44. The van der Waals surface area contributed by atoms with Gasteiger partial charge in [-0.25, -0.2) is 9.78 Å². The Morgan fingerprint density at radius 3 is 2.58 bits per heavy atom. The van der Waals surface area contributed by atoms with Crippen LogP contribution in [-0.4, -0.2) is 24.3 Å². The number of hydrogen-bond donors (Lipinski definition) is 1. The van der Waals surface area contributed by atoms with Gasteiger partial charge < -0.3 is 10.3 Å². The van der Waals surface area contributed by atoms with Gasteiger partial charge in [0.25, 0.3) is 11.4 Å². The SMILES string of the molecule is Cn1c(=O)c2ccc(-c3nc(C4(N)CCC4)no3)nc2n(C)c1=O. The van der Waals surface area contributed by atoms with Crippen LogP contribution >= 0.6 is 0 Å². The van der Waals surface area contributed by atoms with Crippen LogP contribution in [0.3, 0.4) is 0 Å². The first kappa shape index (κ1) is 14.8. The van der Waals surface area contributed by atoms with E-state index in [4.69, 9.17) is 10.3 Å². The van der Waals surface area contributed by atoms with Gasteiger partial charge in [-0.15, -0.1) is 0 Å². The Balaban J connectivity index is 1.87. The highest BCUT2D eigenvalue weighted by Gasteiger charge is 2.39. The van der Waals surface area contributed by atoms with Gasteiger partial charge in [0.05, 0.1) is 10.9 Å². The average molecular weight is 328 g/mol. The van der Waals surface area contributed by atoms with E-state index in [1.54, 1.807) is 19.2 Å². The summed E-state index contributed by atoms with van der Waals surface area (Å²) in [6.07, 6.45) is 2.68. The molecule has 1 fully saturated rings. The molecular weight excluding hydrogens is 312 g/mol. The van der Waals surface area contributed by atoms with Crippen LogP contribution in [0.15, 0.2) is 26.2 Å². The highest BCUT2D eigenvalue weighted by molar-refractivity contribution is 5.76. The Morgan fingerprint density at radius 2 is 1.92 bits per heavy atom. The van der Waals surface area contributed by atoms with E-state index in [1.165, 1.54) is 11.6 Å². The molecule has 0 unspecified atom stereocenters. The van der Waals surface area contributed by atoms with Crippen molar-refractivity contribution >= 4 is 11.0 Å². The highest BCUT2D eigenvalue weighted by Crippen LogP contribution is 2.37. The number of nitrogens with two attached hydrogens (primary N) is 1. The fourth-order valence-electron chi connectivity index (χ4n) is 2.88. The minimum atomic E-state index is -0.526. The molecule has 0 atom stereocenters. The molecule has 1 saturated carbocycles. The quantitative estimate of drug-likeness (QED) is 0.703. The Morgan fingerprint density at radius 1 is 1.17 bits per heavy atom. The minimum absolute atomic E-state index is 0.219. The third kappa shape index (κ3) is 1.94. The molecule has 0 saturated heterocycles. The molecule has 0 aliphatic heterocycles. The number of nitrogens with zero attached hydrogens (tertiary/aromatic N) is 5. The molecule has 0 aromatic carbocycles. The van der Waals surface area contributed by atoms with Crippen molar-refractivity contribution in [2.75, 3.05) is 0 Å². The normalized spacial score (nSPS) is 16.3. The smallest absolute Gasteiger partial charge is 0.332 e. The summed E-state index contributed by atoms with van der Waals surface area (Å²) in [5.41, 5.74) is 5.49. The van der Waals surface area contributed by atoms with Crippen LogP contribution in [0.4, 0.5) is 0 Å². The van der Waals surface area contributed by atoms with E-state index in [1.807, 2.05) is 0 Å². The van der Waals surface area contributed by atoms with Crippen LogP contribution in [0.25, 0.3) is 22.6 Å². The van der Waals surface area contributed by atoms with Crippen LogP contribution < -0.4 is 17.0 Å². The van der Waals surface area contributed by atoms with Crippen molar-refractivity contribution in [3.8, 4) is 11.6 Å². The van der Waals surface area contributed by atoms with Gasteiger partial charge in [0.15, 0.2) is 5.82 Å². The van der Waals surface area contributed by atoms with E-state index in [0.717, 1.165) is 23.8 Å². The summed E-state index contributed by atoms with van der Waals surface area (Å²) in [5.74, 6) is 0.681. The van der Waals surface area contributed by atoms with E-state index >= 15 is 0 Å². The lowest BCUT2D eigenvalue weighted by Gasteiger charge is -2.34. The third-order valence-corrected chi connectivity index (χ3v) is 4.64. The van der Waals surface area contributed by atoms with Crippen molar-refractivity contribution in [3.05, 3.63) is 38.8 Å². The standard InChI is InChI=1S/C15H16N6O3/c1-20-10-8(12(22)21(2)14(20)23)4-5-9(17-10)11-18-13(19-24-11)15(16)6-3-7-15/h4-5H,3,6-7,16H2,1-2H3. The van der Waals surface area contributed by atoms with Crippen LogP contribution in [0.2, 0.25) is 0 Å². The third-order valence-electron chi connectivity index (χ3n) is 4.64. The summed E-state index contributed by atoms with van der Waals surface area (Å²) in [6, 6.07) is 3.22. The van der Waals surface area contributed by atoms with E-state index in [0.29, 0.717) is 16.9 Å². The van der Waals surface area contributed by atoms with Crippen molar-refractivity contribution in [1.29, 1.82) is 0 Å². The maximum Gasteiger partial charge on any atom is 0.332 e. The van der Waals surface area contributed by atoms with Gasteiger partial charge in [0.1, 0.15) is 11.3 Å². The molecule has 4 rings (SSSR count). The molecule has 1 aliphatic carbocycles. The van der Waals surface area contributed by atoms with Gasteiger partial charge >= 0.3 is 5.69 Å².